The molecule has 3 aromatic rings. The van der Waals surface area contributed by atoms with Crippen molar-refractivity contribution in [3.63, 3.8) is 0 Å². The number of rotatable bonds is 5. The van der Waals surface area contributed by atoms with E-state index in [-0.39, 0.29) is 16.3 Å². The number of benzene rings is 2. The molecule has 174 valence electrons. The smallest absolute Gasteiger partial charge is 0.258 e. The minimum absolute atomic E-state index is 0.206. The lowest BCUT2D eigenvalue weighted by atomic mass is 10.1. The summed E-state index contributed by atoms with van der Waals surface area (Å²) in [5.41, 5.74) is 2.32. The molecule has 0 bridgehead atoms. The molecule has 1 aliphatic heterocycles. The lowest BCUT2D eigenvalue weighted by Gasteiger charge is -2.18. The van der Waals surface area contributed by atoms with Crippen LogP contribution in [0.15, 0.2) is 54.7 Å². The molecule has 2 amide bonds. The van der Waals surface area contributed by atoms with Gasteiger partial charge in [0.15, 0.2) is 0 Å². The second-order valence-electron chi connectivity index (χ2n) is 8.06. The number of likely N-dealkylation sites (tertiary alicyclic amines) is 1. The van der Waals surface area contributed by atoms with Crippen molar-refractivity contribution >= 4 is 52.4 Å². The number of amides is 2. The van der Waals surface area contributed by atoms with Crippen LogP contribution in [-0.2, 0) is 0 Å². The van der Waals surface area contributed by atoms with Crippen molar-refractivity contribution < 1.29 is 9.59 Å². The topological polar surface area (TPSA) is 98.2 Å². The van der Waals surface area contributed by atoms with Crippen molar-refractivity contribution in [1.29, 1.82) is 5.41 Å². The molecule has 4 rings (SSSR count). The minimum Gasteiger partial charge on any atom is -0.357 e. The largest absolute Gasteiger partial charge is 0.357 e. The number of carbonyl (C=O) groups is 2. The van der Waals surface area contributed by atoms with Gasteiger partial charge in [-0.3, -0.25) is 15.0 Å². The van der Waals surface area contributed by atoms with E-state index in [4.69, 9.17) is 28.6 Å². The molecule has 1 saturated heterocycles. The second-order valence-corrected chi connectivity index (χ2v) is 8.90. The first kappa shape index (κ1) is 23.7. The van der Waals surface area contributed by atoms with E-state index in [2.05, 4.69) is 15.6 Å². The first-order chi connectivity index (χ1) is 16.3. The van der Waals surface area contributed by atoms with Gasteiger partial charge in [0, 0.05) is 30.4 Å². The number of anilines is 2. The number of nitrogens with zero attached hydrogens (tertiary/aromatic N) is 2. The van der Waals surface area contributed by atoms with Crippen LogP contribution < -0.4 is 10.6 Å². The van der Waals surface area contributed by atoms with Crippen molar-refractivity contribution in [2.45, 2.75) is 19.8 Å². The number of aryl methyl sites for hydroxylation is 1. The Balaban J connectivity index is 1.53. The first-order valence-corrected chi connectivity index (χ1v) is 11.6. The zero-order valence-corrected chi connectivity index (χ0v) is 20.0. The Labute approximate surface area is 207 Å². The summed E-state index contributed by atoms with van der Waals surface area (Å²) in [6.07, 6.45) is 3.60. The highest BCUT2D eigenvalue weighted by Crippen LogP contribution is 2.29. The van der Waals surface area contributed by atoms with Crippen molar-refractivity contribution in [1.82, 2.24) is 9.88 Å². The molecule has 0 saturated carbocycles. The highest BCUT2D eigenvalue weighted by Gasteiger charge is 2.20. The van der Waals surface area contributed by atoms with E-state index in [1.54, 1.807) is 48.5 Å². The lowest BCUT2D eigenvalue weighted by Crippen LogP contribution is -2.27. The maximum Gasteiger partial charge on any atom is 0.258 e. The zero-order valence-electron chi connectivity index (χ0n) is 18.5. The fourth-order valence-corrected chi connectivity index (χ4v) is 4.20. The van der Waals surface area contributed by atoms with Gasteiger partial charge in [-0.05, 0) is 61.7 Å². The molecule has 1 fully saturated rings. The first-order valence-electron chi connectivity index (χ1n) is 10.8. The molecule has 1 aromatic heterocycles. The quantitative estimate of drug-likeness (QED) is 0.315. The van der Waals surface area contributed by atoms with Crippen LogP contribution in [0.1, 0.15) is 44.7 Å². The minimum atomic E-state index is -0.467. The van der Waals surface area contributed by atoms with E-state index in [0.29, 0.717) is 22.2 Å². The Morgan fingerprint density at radius 2 is 1.62 bits per heavy atom. The van der Waals surface area contributed by atoms with E-state index in [0.717, 1.165) is 37.1 Å². The highest BCUT2D eigenvalue weighted by molar-refractivity contribution is 6.35. The SMILES string of the molecule is Cc1cc(Cl)c(NC(=O)c2ccc(C(=N)N3CCCC3)cc2)c(C(=O)Nc2ccc(Cl)cn2)c1. The summed E-state index contributed by atoms with van der Waals surface area (Å²) < 4.78 is 0. The Hall–Kier alpha value is -3.42. The number of hydrogen-bond donors (Lipinski definition) is 3. The lowest BCUT2D eigenvalue weighted by molar-refractivity contribution is 0.102. The van der Waals surface area contributed by atoms with Gasteiger partial charge in [0.1, 0.15) is 11.7 Å². The molecular formula is C25H23Cl2N5O2. The average Bonchev–Trinajstić information content (AvgIpc) is 3.36. The average molecular weight is 496 g/mol. The van der Waals surface area contributed by atoms with Crippen LogP contribution in [0.25, 0.3) is 0 Å². The summed E-state index contributed by atoms with van der Waals surface area (Å²) in [6.45, 7) is 3.57. The van der Waals surface area contributed by atoms with Gasteiger partial charge in [-0.15, -0.1) is 0 Å². The van der Waals surface area contributed by atoms with Crippen LogP contribution in [0, 0.1) is 12.3 Å². The second kappa shape index (κ2) is 10.2. The highest BCUT2D eigenvalue weighted by atomic mass is 35.5. The molecule has 3 N–H and O–H groups in total. The molecule has 0 atom stereocenters. The fourth-order valence-electron chi connectivity index (χ4n) is 3.77. The van der Waals surface area contributed by atoms with Gasteiger partial charge in [-0.25, -0.2) is 4.98 Å². The van der Waals surface area contributed by atoms with E-state index in [1.165, 1.54) is 6.20 Å². The molecule has 7 nitrogen and oxygen atoms in total. The van der Waals surface area contributed by atoms with Crippen LogP contribution in [0.2, 0.25) is 10.0 Å². The number of aromatic nitrogens is 1. The summed E-state index contributed by atoms with van der Waals surface area (Å²) in [6, 6.07) is 13.4. The third-order valence-corrected chi connectivity index (χ3v) is 6.05. The van der Waals surface area contributed by atoms with Crippen LogP contribution in [0.4, 0.5) is 11.5 Å². The van der Waals surface area contributed by atoms with Gasteiger partial charge in [-0.2, -0.15) is 0 Å². The molecular weight excluding hydrogens is 473 g/mol. The van der Waals surface area contributed by atoms with E-state index in [9.17, 15) is 9.59 Å². The van der Waals surface area contributed by atoms with E-state index >= 15 is 0 Å². The van der Waals surface area contributed by atoms with E-state index in [1.807, 2.05) is 11.8 Å². The van der Waals surface area contributed by atoms with E-state index < -0.39 is 11.8 Å². The van der Waals surface area contributed by atoms with Crippen LogP contribution in [0.3, 0.4) is 0 Å². The van der Waals surface area contributed by atoms with Gasteiger partial charge in [-0.1, -0.05) is 35.3 Å². The Kier molecular flexibility index (Phi) is 7.14. The molecule has 0 spiro atoms. The Morgan fingerprint density at radius 1 is 0.941 bits per heavy atom. The van der Waals surface area contributed by atoms with Crippen LogP contribution in [-0.4, -0.2) is 40.6 Å². The number of carbonyl (C=O) groups excluding carboxylic acids is 2. The summed E-state index contributed by atoms with van der Waals surface area (Å²) >= 11 is 12.3. The Bertz CT molecular complexity index is 1240. The summed E-state index contributed by atoms with van der Waals surface area (Å²) in [5, 5.41) is 14.5. The summed E-state index contributed by atoms with van der Waals surface area (Å²) in [4.78, 5) is 32.0. The molecule has 0 radical (unpaired) electrons. The normalized spacial score (nSPS) is 13.0. The zero-order chi connectivity index (χ0) is 24.2. The molecule has 1 aliphatic rings. The summed E-state index contributed by atoms with van der Waals surface area (Å²) in [7, 11) is 0. The van der Waals surface area contributed by atoms with Gasteiger partial charge in [0.05, 0.1) is 21.3 Å². The number of hydrogen-bond acceptors (Lipinski definition) is 4. The number of nitrogens with one attached hydrogen (secondary N) is 3. The number of amidine groups is 1. The van der Waals surface area contributed by atoms with Crippen LogP contribution >= 0.6 is 23.2 Å². The van der Waals surface area contributed by atoms with Crippen molar-refractivity contribution in [3.8, 4) is 0 Å². The Morgan fingerprint density at radius 3 is 2.26 bits per heavy atom. The molecule has 2 heterocycles. The third kappa shape index (κ3) is 5.38. The molecule has 9 heteroatoms. The van der Waals surface area contributed by atoms with Crippen LogP contribution in [0.5, 0.6) is 0 Å². The van der Waals surface area contributed by atoms with Gasteiger partial charge in [0.25, 0.3) is 11.8 Å². The summed E-state index contributed by atoms with van der Waals surface area (Å²) in [5.74, 6) is -0.102. The van der Waals surface area contributed by atoms with Gasteiger partial charge in [0.2, 0.25) is 0 Å². The maximum absolute atomic E-state index is 13.0. The van der Waals surface area contributed by atoms with Gasteiger partial charge >= 0.3 is 0 Å². The van der Waals surface area contributed by atoms with Gasteiger partial charge < -0.3 is 15.5 Å². The van der Waals surface area contributed by atoms with Crippen molar-refractivity contribution in [2.75, 3.05) is 23.7 Å². The predicted octanol–water partition coefficient (Wildman–Crippen LogP) is 5.62. The molecule has 0 unspecified atom stereocenters. The number of halogens is 2. The fraction of sp³-hybridized carbons (Fsp3) is 0.200. The molecule has 2 aromatic carbocycles. The monoisotopic (exact) mass is 495 g/mol. The maximum atomic E-state index is 13.0. The third-order valence-electron chi connectivity index (χ3n) is 5.53. The van der Waals surface area contributed by atoms with Crippen molar-refractivity contribution in [3.05, 3.63) is 87.0 Å². The van der Waals surface area contributed by atoms with Crippen molar-refractivity contribution in [2.24, 2.45) is 0 Å². The predicted molar refractivity (Wildman–Crippen MR) is 135 cm³/mol. The molecule has 34 heavy (non-hydrogen) atoms. The number of pyridine rings is 1. The standard InChI is InChI=1S/C25H23Cl2N5O2/c1-15-12-19(25(34)30-21-9-8-18(26)14-29-21)22(20(27)13-15)31-24(33)17-6-4-16(5-7-17)23(28)32-10-2-3-11-32/h4-9,12-14,28H,2-3,10-11H2,1H3,(H,31,33)(H,29,30,34). The molecule has 0 aliphatic carbocycles.